The number of nitrogens with zero attached hydrogens (tertiary/aromatic N) is 1. The highest BCUT2D eigenvalue weighted by Crippen LogP contribution is 2.36. The molecule has 166 valence electrons. The fraction of sp³-hybridized carbons (Fsp3) is 0.154. The van der Waals surface area contributed by atoms with E-state index in [1.807, 2.05) is 61.5 Å². The quantitative estimate of drug-likeness (QED) is 0.295. The number of benzene rings is 3. The second-order valence-electron chi connectivity index (χ2n) is 7.76. The summed E-state index contributed by atoms with van der Waals surface area (Å²) in [7, 11) is 1.59. The second-order valence-corrected chi connectivity index (χ2v) is 8.72. The lowest BCUT2D eigenvalue weighted by Crippen LogP contribution is -2.14. The highest BCUT2D eigenvalue weighted by atomic mass is 32.2. The van der Waals surface area contributed by atoms with Crippen LogP contribution in [0.3, 0.4) is 0 Å². The van der Waals surface area contributed by atoms with Crippen LogP contribution in [0.5, 0.6) is 5.75 Å². The molecule has 0 aliphatic heterocycles. The van der Waals surface area contributed by atoms with Gasteiger partial charge in [0.15, 0.2) is 5.16 Å². The lowest BCUT2D eigenvalue weighted by Gasteiger charge is -2.10. The van der Waals surface area contributed by atoms with Gasteiger partial charge in [0.05, 0.1) is 24.2 Å². The van der Waals surface area contributed by atoms with Crippen LogP contribution in [0.1, 0.15) is 17.0 Å². The van der Waals surface area contributed by atoms with Crippen LogP contribution >= 0.6 is 11.8 Å². The Bertz CT molecular complexity index is 1440. The predicted molar refractivity (Wildman–Crippen MR) is 132 cm³/mol. The Balaban J connectivity index is 1.28. The Kier molecular flexibility index (Phi) is 5.79. The number of furan rings is 1. The monoisotopic (exact) mass is 457 g/mol. The fourth-order valence-corrected chi connectivity index (χ4v) is 4.57. The van der Waals surface area contributed by atoms with Gasteiger partial charge in [-0.05, 0) is 24.6 Å². The minimum absolute atomic E-state index is 0.146. The highest BCUT2D eigenvalue weighted by Gasteiger charge is 2.15. The van der Waals surface area contributed by atoms with E-state index < -0.39 is 0 Å². The molecule has 2 N–H and O–H groups in total. The predicted octanol–water partition coefficient (Wildman–Crippen LogP) is 5.95. The van der Waals surface area contributed by atoms with Gasteiger partial charge >= 0.3 is 0 Å². The summed E-state index contributed by atoms with van der Waals surface area (Å²) in [5.74, 6) is 0.665. The van der Waals surface area contributed by atoms with Gasteiger partial charge in [-0.15, -0.1) is 0 Å². The third kappa shape index (κ3) is 4.45. The molecule has 2 heterocycles. The van der Waals surface area contributed by atoms with Crippen molar-refractivity contribution in [3.8, 4) is 5.75 Å². The molecule has 6 nitrogen and oxygen atoms in total. The van der Waals surface area contributed by atoms with Gasteiger partial charge in [-0.3, -0.25) is 4.79 Å². The molecule has 1 amide bonds. The van der Waals surface area contributed by atoms with E-state index in [0.717, 1.165) is 39.3 Å². The Labute approximate surface area is 195 Å². The number of nitrogens with one attached hydrogen (secondary N) is 2. The lowest BCUT2D eigenvalue weighted by molar-refractivity contribution is -0.113. The van der Waals surface area contributed by atoms with Crippen molar-refractivity contribution in [2.24, 2.45) is 0 Å². The van der Waals surface area contributed by atoms with Crippen molar-refractivity contribution < 1.29 is 13.9 Å². The van der Waals surface area contributed by atoms with Crippen LogP contribution in [-0.4, -0.2) is 28.7 Å². The summed E-state index contributed by atoms with van der Waals surface area (Å²) < 4.78 is 11.5. The number of hydrogen-bond acceptors (Lipinski definition) is 5. The van der Waals surface area contributed by atoms with Gasteiger partial charge in [-0.1, -0.05) is 60.3 Å². The van der Waals surface area contributed by atoms with Crippen LogP contribution < -0.4 is 10.1 Å². The molecule has 7 heteroatoms. The highest BCUT2D eigenvalue weighted by molar-refractivity contribution is 7.99. The number of imidazole rings is 1. The van der Waals surface area contributed by atoms with Gasteiger partial charge in [0.25, 0.3) is 0 Å². The van der Waals surface area contributed by atoms with Gasteiger partial charge in [0.2, 0.25) is 5.91 Å². The van der Waals surface area contributed by atoms with Crippen LogP contribution in [0.4, 0.5) is 5.69 Å². The summed E-state index contributed by atoms with van der Waals surface area (Å²) in [5, 5.41) is 5.64. The summed E-state index contributed by atoms with van der Waals surface area (Å²) in [6.45, 7) is 2.00. The molecule has 0 unspecified atom stereocenters. The normalized spacial score (nSPS) is 11.2. The third-order valence-corrected chi connectivity index (χ3v) is 6.36. The molecule has 33 heavy (non-hydrogen) atoms. The van der Waals surface area contributed by atoms with Crippen molar-refractivity contribution in [3.63, 3.8) is 0 Å². The first-order chi connectivity index (χ1) is 16.1. The van der Waals surface area contributed by atoms with E-state index in [1.54, 1.807) is 7.11 Å². The van der Waals surface area contributed by atoms with E-state index in [4.69, 9.17) is 9.15 Å². The molecule has 0 radical (unpaired) electrons. The van der Waals surface area contributed by atoms with Crippen molar-refractivity contribution in [1.82, 2.24) is 9.97 Å². The molecule has 0 saturated carbocycles. The molecule has 3 aromatic carbocycles. The molecular weight excluding hydrogens is 434 g/mol. The van der Waals surface area contributed by atoms with Gasteiger partial charge in [0, 0.05) is 29.0 Å². The van der Waals surface area contributed by atoms with Crippen LogP contribution in [-0.2, 0) is 11.2 Å². The number of H-pyrrole nitrogens is 1. The number of methoxy groups -OCH3 is 1. The summed E-state index contributed by atoms with van der Waals surface area (Å²) in [4.78, 5) is 20.6. The van der Waals surface area contributed by atoms with Gasteiger partial charge in [-0.25, -0.2) is 4.98 Å². The second kappa shape index (κ2) is 9.03. The summed E-state index contributed by atoms with van der Waals surface area (Å²) in [5.41, 5.74) is 5.28. The number of amides is 1. The number of carbonyl (C=O) groups excluding carboxylic acids is 1. The molecule has 0 fully saturated rings. The zero-order valence-electron chi connectivity index (χ0n) is 18.3. The number of rotatable bonds is 7. The number of hydrogen-bond donors (Lipinski definition) is 2. The van der Waals surface area contributed by atoms with Crippen molar-refractivity contribution in [2.45, 2.75) is 18.5 Å². The Morgan fingerprint density at radius 2 is 1.85 bits per heavy atom. The smallest absolute Gasteiger partial charge is 0.234 e. The molecule has 2 aromatic heterocycles. The molecule has 0 spiro atoms. The lowest BCUT2D eigenvalue weighted by atomic mass is 10.1. The van der Waals surface area contributed by atoms with E-state index in [-0.39, 0.29) is 11.7 Å². The van der Waals surface area contributed by atoms with E-state index in [0.29, 0.717) is 17.0 Å². The largest absolute Gasteiger partial charge is 0.495 e. The van der Waals surface area contributed by atoms with E-state index in [9.17, 15) is 4.79 Å². The first-order valence-corrected chi connectivity index (χ1v) is 11.6. The number of fused-ring (bicyclic) bond motifs is 3. The Morgan fingerprint density at radius 3 is 2.67 bits per heavy atom. The van der Waals surface area contributed by atoms with Crippen molar-refractivity contribution in [1.29, 1.82) is 0 Å². The minimum Gasteiger partial charge on any atom is -0.495 e. The molecule has 0 saturated heterocycles. The van der Waals surface area contributed by atoms with Gasteiger partial charge in [-0.2, -0.15) is 0 Å². The summed E-state index contributed by atoms with van der Waals surface area (Å²) >= 11 is 1.37. The number of ether oxygens (including phenoxy) is 1. The van der Waals surface area contributed by atoms with Crippen molar-refractivity contribution >= 4 is 45.3 Å². The first-order valence-electron chi connectivity index (χ1n) is 10.6. The number of aromatic nitrogens is 2. The van der Waals surface area contributed by atoms with Crippen LogP contribution in [0.25, 0.3) is 21.9 Å². The summed E-state index contributed by atoms with van der Waals surface area (Å²) in [6.07, 6.45) is 0.755. The number of aromatic amines is 1. The maximum Gasteiger partial charge on any atom is 0.234 e. The van der Waals surface area contributed by atoms with Gasteiger partial charge in [0.1, 0.15) is 16.9 Å². The molecular formula is C26H23N3O3S. The third-order valence-electron chi connectivity index (χ3n) is 5.49. The minimum atomic E-state index is -0.146. The van der Waals surface area contributed by atoms with Crippen LogP contribution in [0, 0.1) is 6.92 Å². The number of carbonyl (C=O) groups is 1. The number of aryl methyl sites for hydroxylation is 1. The van der Waals surface area contributed by atoms with Crippen molar-refractivity contribution in [3.05, 3.63) is 83.7 Å². The average Bonchev–Trinajstić information content (AvgIpc) is 3.37. The maximum absolute atomic E-state index is 12.7. The Hall–Kier alpha value is -3.71. The molecule has 0 bridgehead atoms. The maximum atomic E-state index is 12.7. The molecule has 0 aliphatic carbocycles. The zero-order chi connectivity index (χ0) is 22.8. The van der Waals surface area contributed by atoms with Crippen LogP contribution in [0.2, 0.25) is 0 Å². The Morgan fingerprint density at radius 1 is 1.06 bits per heavy atom. The number of para-hydroxylation sites is 1. The number of anilines is 1. The van der Waals surface area contributed by atoms with E-state index in [1.165, 1.54) is 17.3 Å². The standard InChI is InChI=1S/C26H23N3O3S/c1-16-20(12-17-8-4-3-5-9-17)29-26(27-16)33-15-25(30)28-21-14-23-19(13-24(21)31-2)18-10-6-7-11-22(18)32-23/h3-11,13-14H,12,15H2,1-2H3,(H,27,29)(H,28,30). The SMILES string of the molecule is COc1cc2c(cc1NC(=O)CSc1nc(Cc3ccccc3)c(C)[nH]1)oc1ccccc12. The topological polar surface area (TPSA) is 80.1 Å². The van der Waals surface area contributed by atoms with Crippen molar-refractivity contribution in [2.75, 3.05) is 18.2 Å². The summed E-state index contributed by atoms with van der Waals surface area (Å²) in [6, 6.07) is 21.8. The molecule has 5 aromatic rings. The number of thioether (sulfide) groups is 1. The van der Waals surface area contributed by atoms with Crippen LogP contribution in [0.15, 0.2) is 76.3 Å². The molecule has 5 rings (SSSR count). The average molecular weight is 458 g/mol. The van der Waals surface area contributed by atoms with E-state index in [2.05, 4.69) is 27.4 Å². The van der Waals surface area contributed by atoms with E-state index >= 15 is 0 Å². The first kappa shape index (κ1) is 21.2. The van der Waals surface area contributed by atoms with Gasteiger partial charge < -0.3 is 19.5 Å². The molecule has 0 atom stereocenters. The molecule has 0 aliphatic rings. The fourth-order valence-electron chi connectivity index (χ4n) is 3.83. The zero-order valence-corrected chi connectivity index (χ0v) is 19.2.